The molecule has 4 aromatic heterocycles. The molecule has 0 spiro atoms. The topological polar surface area (TPSA) is 169 Å². The number of aromatic nitrogens is 4. The molecule has 4 heterocycles. The molecule has 16 heteroatoms. The first kappa shape index (κ1) is 28.5. The van der Waals surface area contributed by atoms with Crippen LogP contribution in [0.3, 0.4) is 0 Å². The minimum absolute atomic E-state index is 0.286. The van der Waals surface area contributed by atoms with Crippen LogP contribution < -0.4 is 19.5 Å². The smallest absolute Gasteiger partial charge is 0.312 e. The molecule has 0 bridgehead atoms. The van der Waals surface area contributed by atoms with Gasteiger partial charge in [0.25, 0.3) is 0 Å². The normalized spacial score (nSPS) is 11.3. The summed E-state index contributed by atoms with van der Waals surface area (Å²) in [5.41, 5.74) is 3.15. The molecule has 12 nitrogen and oxygen atoms in total. The molecular formula is C27H20N4O8S4. The lowest BCUT2D eigenvalue weighted by molar-refractivity contribution is 0.371. The lowest BCUT2D eigenvalue weighted by Gasteiger charge is -2.08. The molecule has 0 saturated heterocycles. The summed E-state index contributed by atoms with van der Waals surface area (Å²) in [7, 11) is 0. The van der Waals surface area contributed by atoms with E-state index in [4.69, 9.17) is 0 Å². The summed E-state index contributed by atoms with van der Waals surface area (Å²) in [6, 6.07) is 14.6. The van der Waals surface area contributed by atoms with Crippen molar-refractivity contribution in [3.05, 3.63) is 109 Å². The van der Waals surface area contributed by atoms with Gasteiger partial charge >= 0.3 is 19.5 Å². The first-order chi connectivity index (χ1) is 20.6. The lowest BCUT2D eigenvalue weighted by atomic mass is 10.0. The highest BCUT2D eigenvalue weighted by Crippen LogP contribution is 2.34. The fraction of sp³-hybridized carbons (Fsp3) is 0.111. The fourth-order valence-corrected chi connectivity index (χ4v) is 7.39. The predicted octanol–water partition coefficient (Wildman–Crippen LogP) is 3.34. The molecular weight excluding hydrogens is 637 g/mol. The standard InChI is InChI=1S/C27H20N4O8S4/c32-18-10-40-24(36)28(18)12-30-22(34)20(42-26(30)38)16-5-1-14(2-6-16)9-15-3-7-17(8-4-15)21-23(35)31(27(39)43-21)13-29-19(33)11-41-25(29)37/h1-8,10-11,32-35H,9,12-13H2. The van der Waals surface area contributed by atoms with Gasteiger partial charge in [-0.05, 0) is 28.7 Å². The molecule has 2 aromatic carbocycles. The molecule has 0 radical (unpaired) electrons. The zero-order valence-electron chi connectivity index (χ0n) is 21.7. The number of aromatic hydroxyl groups is 4. The fourth-order valence-electron chi connectivity index (χ4n) is 4.39. The van der Waals surface area contributed by atoms with Crippen molar-refractivity contribution in [3.8, 4) is 44.4 Å². The Morgan fingerprint density at radius 3 is 1.21 bits per heavy atom. The molecule has 220 valence electrons. The molecule has 4 N–H and O–H groups in total. The number of thiazole rings is 4. The van der Waals surface area contributed by atoms with E-state index in [-0.39, 0.29) is 36.9 Å². The summed E-state index contributed by atoms with van der Waals surface area (Å²) in [4.78, 5) is 47.7. The van der Waals surface area contributed by atoms with Crippen LogP contribution in [0.5, 0.6) is 23.5 Å². The molecule has 0 amide bonds. The third kappa shape index (κ3) is 5.36. The Kier molecular flexibility index (Phi) is 7.43. The van der Waals surface area contributed by atoms with E-state index >= 15 is 0 Å². The molecule has 0 atom stereocenters. The molecule has 0 aliphatic rings. The van der Waals surface area contributed by atoms with Crippen LogP contribution >= 0.6 is 45.3 Å². The van der Waals surface area contributed by atoms with Crippen LogP contribution in [0.1, 0.15) is 11.1 Å². The van der Waals surface area contributed by atoms with E-state index in [2.05, 4.69) is 0 Å². The van der Waals surface area contributed by atoms with E-state index in [1.165, 1.54) is 10.8 Å². The Morgan fingerprint density at radius 1 is 0.512 bits per heavy atom. The van der Waals surface area contributed by atoms with Gasteiger partial charge in [0, 0.05) is 0 Å². The van der Waals surface area contributed by atoms with Crippen molar-refractivity contribution in [2.24, 2.45) is 0 Å². The van der Waals surface area contributed by atoms with Crippen LogP contribution in [-0.4, -0.2) is 38.7 Å². The average Bonchev–Trinajstić information content (AvgIpc) is 3.67. The van der Waals surface area contributed by atoms with Crippen molar-refractivity contribution < 1.29 is 20.4 Å². The second kappa shape index (κ2) is 11.2. The van der Waals surface area contributed by atoms with Crippen LogP contribution in [0.25, 0.3) is 20.9 Å². The van der Waals surface area contributed by atoms with Crippen molar-refractivity contribution in [1.82, 2.24) is 18.3 Å². The van der Waals surface area contributed by atoms with Crippen LogP contribution in [0.4, 0.5) is 0 Å². The van der Waals surface area contributed by atoms with Crippen LogP contribution in [0, 0.1) is 0 Å². The number of nitrogens with zero attached hydrogens (tertiary/aromatic N) is 4. The summed E-state index contributed by atoms with van der Waals surface area (Å²) < 4.78 is 4.04. The van der Waals surface area contributed by atoms with Gasteiger partial charge in [0.2, 0.25) is 23.5 Å². The summed E-state index contributed by atoms with van der Waals surface area (Å²) in [6.07, 6.45) is 0.563. The second-order valence-corrected chi connectivity index (χ2v) is 12.9. The summed E-state index contributed by atoms with van der Waals surface area (Å²) in [5.74, 6) is -1.17. The van der Waals surface area contributed by atoms with Gasteiger partial charge in [-0.15, -0.1) is 0 Å². The van der Waals surface area contributed by atoms with Gasteiger partial charge in [-0.1, -0.05) is 93.9 Å². The van der Waals surface area contributed by atoms with Crippen LogP contribution in [0.2, 0.25) is 0 Å². The first-order valence-electron chi connectivity index (χ1n) is 12.4. The Morgan fingerprint density at radius 2 is 0.884 bits per heavy atom. The highest BCUT2D eigenvalue weighted by Gasteiger charge is 2.19. The Hall–Kier alpha value is -4.64. The van der Waals surface area contributed by atoms with Crippen molar-refractivity contribution in [1.29, 1.82) is 0 Å². The third-order valence-electron chi connectivity index (χ3n) is 6.67. The van der Waals surface area contributed by atoms with Crippen LogP contribution in [0.15, 0.2) is 78.5 Å². The average molecular weight is 657 g/mol. The zero-order chi connectivity index (χ0) is 30.4. The first-order valence-corrected chi connectivity index (χ1v) is 15.8. The van der Waals surface area contributed by atoms with Crippen molar-refractivity contribution >= 4 is 45.3 Å². The highest BCUT2D eigenvalue weighted by atomic mass is 32.1. The van der Waals surface area contributed by atoms with Crippen molar-refractivity contribution in [2.75, 3.05) is 0 Å². The minimum Gasteiger partial charge on any atom is -0.494 e. The molecule has 6 rings (SSSR count). The SMILES string of the molecule is O=c1scc(O)n1Cn1c(O)c(-c2ccc(Cc3ccc(-c4sc(=O)n(Cn5c(O)csc5=O)c4O)cc3)cc2)sc1=O. The summed E-state index contributed by atoms with van der Waals surface area (Å²) >= 11 is 3.25. The highest BCUT2D eigenvalue weighted by molar-refractivity contribution is 7.13. The van der Waals surface area contributed by atoms with Gasteiger partial charge in [-0.25, -0.2) is 0 Å². The number of benzene rings is 2. The van der Waals surface area contributed by atoms with E-state index in [0.29, 0.717) is 27.3 Å². The zero-order valence-corrected chi connectivity index (χ0v) is 25.0. The van der Waals surface area contributed by atoms with Crippen molar-refractivity contribution in [2.45, 2.75) is 19.8 Å². The van der Waals surface area contributed by atoms with Gasteiger partial charge in [0.1, 0.15) is 13.3 Å². The van der Waals surface area contributed by atoms with Gasteiger partial charge < -0.3 is 20.4 Å². The van der Waals surface area contributed by atoms with E-state index in [9.17, 15) is 39.6 Å². The van der Waals surface area contributed by atoms with E-state index in [1.807, 2.05) is 24.3 Å². The van der Waals surface area contributed by atoms with Crippen LogP contribution in [-0.2, 0) is 19.8 Å². The van der Waals surface area contributed by atoms with Crippen molar-refractivity contribution in [3.63, 3.8) is 0 Å². The van der Waals surface area contributed by atoms with Gasteiger partial charge in [0.15, 0.2) is 0 Å². The van der Waals surface area contributed by atoms with E-state index in [0.717, 1.165) is 74.7 Å². The maximum atomic E-state index is 12.5. The third-order valence-corrected chi connectivity index (χ3v) is 10.2. The molecule has 0 fully saturated rings. The molecule has 0 aliphatic carbocycles. The number of hydrogen-bond donors (Lipinski definition) is 4. The number of rotatable bonds is 8. The van der Waals surface area contributed by atoms with E-state index < -0.39 is 19.5 Å². The summed E-state index contributed by atoms with van der Waals surface area (Å²) in [5, 5.41) is 43.6. The maximum Gasteiger partial charge on any atom is 0.312 e. The monoisotopic (exact) mass is 656 g/mol. The Balaban J connectivity index is 1.17. The van der Waals surface area contributed by atoms with Gasteiger partial charge in [-0.3, -0.25) is 37.4 Å². The Bertz CT molecular complexity index is 2040. The molecule has 6 aromatic rings. The van der Waals surface area contributed by atoms with Gasteiger partial charge in [0.05, 0.1) is 20.5 Å². The molecule has 0 saturated carbocycles. The largest absolute Gasteiger partial charge is 0.494 e. The molecule has 43 heavy (non-hydrogen) atoms. The van der Waals surface area contributed by atoms with E-state index in [1.54, 1.807) is 24.3 Å². The molecule has 0 unspecified atom stereocenters. The Labute approximate surface area is 256 Å². The predicted molar refractivity (Wildman–Crippen MR) is 165 cm³/mol. The molecule has 0 aliphatic heterocycles. The number of hydrogen-bond acceptors (Lipinski definition) is 12. The van der Waals surface area contributed by atoms with Gasteiger partial charge in [-0.2, -0.15) is 0 Å². The lowest BCUT2D eigenvalue weighted by Crippen LogP contribution is -2.23. The second-order valence-electron chi connectivity index (χ2n) is 9.33. The minimum atomic E-state index is -0.473. The summed E-state index contributed by atoms with van der Waals surface area (Å²) in [6.45, 7) is -0.609. The quantitative estimate of drug-likeness (QED) is 0.193. The maximum absolute atomic E-state index is 12.5.